The fourth-order valence-corrected chi connectivity index (χ4v) is 3.77. The molecule has 6 nitrogen and oxygen atoms in total. The molecule has 1 aliphatic heterocycles. The van der Waals surface area contributed by atoms with E-state index in [1.54, 1.807) is 26.4 Å². The Morgan fingerprint density at radius 2 is 1.50 bits per heavy atom. The van der Waals surface area contributed by atoms with Crippen molar-refractivity contribution in [2.45, 2.75) is 26.1 Å². The first-order chi connectivity index (χ1) is 13.5. The summed E-state index contributed by atoms with van der Waals surface area (Å²) in [6.45, 7) is 3.15. The molecule has 1 aliphatic rings. The second-order valence-electron chi connectivity index (χ2n) is 7.00. The third-order valence-electron chi connectivity index (χ3n) is 5.22. The van der Waals surface area contributed by atoms with Gasteiger partial charge in [-0.2, -0.15) is 0 Å². The third kappa shape index (κ3) is 4.51. The van der Waals surface area contributed by atoms with Gasteiger partial charge in [-0.3, -0.25) is 0 Å². The monoisotopic (exact) mass is 388 g/mol. The first-order valence-corrected chi connectivity index (χ1v) is 9.50. The molecule has 1 heterocycles. The summed E-state index contributed by atoms with van der Waals surface area (Å²) in [6, 6.07) is 10.8. The maximum absolute atomic E-state index is 9.84. The normalized spacial score (nSPS) is 21.6. The zero-order chi connectivity index (χ0) is 20.1. The average molecular weight is 388 g/mol. The molecule has 3 atom stereocenters. The van der Waals surface area contributed by atoms with Gasteiger partial charge in [0, 0.05) is 12.5 Å². The van der Waals surface area contributed by atoms with E-state index in [2.05, 4.69) is 0 Å². The molecule has 0 radical (unpaired) electrons. The number of benzene rings is 2. The lowest BCUT2D eigenvalue weighted by Crippen LogP contribution is -2.26. The molecule has 0 spiro atoms. The Labute approximate surface area is 165 Å². The van der Waals surface area contributed by atoms with E-state index in [1.165, 1.54) is 0 Å². The van der Waals surface area contributed by atoms with Gasteiger partial charge in [0.2, 0.25) is 0 Å². The number of hydrogen-bond donors (Lipinski definition) is 2. The Morgan fingerprint density at radius 3 is 2.04 bits per heavy atom. The van der Waals surface area contributed by atoms with Crippen molar-refractivity contribution in [1.29, 1.82) is 0 Å². The van der Waals surface area contributed by atoms with Crippen LogP contribution in [0.25, 0.3) is 0 Å². The lowest BCUT2D eigenvalue weighted by Gasteiger charge is -2.23. The van der Waals surface area contributed by atoms with E-state index >= 15 is 0 Å². The fourth-order valence-electron chi connectivity index (χ4n) is 3.77. The van der Waals surface area contributed by atoms with Crippen molar-refractivity contribution < 1.29 is 29.2 Å². The van der Waals surface area contributed by atoms with Crippen molar-refractivity contribution in [1.82, 2.24) is 0 Å². The van der Waals surface area contributed by atoms with Crippen LogP contribution in [-0.2, 0) is 22.3 Å². The number of ether oxygens (including phenoxy) is 4. The summed E-state index contributed by atoms with van der Waals surface area (Å²) >= 11 is 0. The molecule has 0 aromatic heterocycles. The molecule has 3 rings (SSSR count). The van der Waals surface area contributed by atoms with E-state index in [0.717, 1.165) is 24.0 Å². The van der Waals surface area contributed by atoms with Gasteiger partial charge in [0.05, 0.1) is 20.8 Å². The number of hydrogen-bond acceptors (Lipinski definition) is 6. The number of phenolic OH excluding ortho intramolecular Hbond substituents is 2. The maximum atomic E-state index is 9.84. The summed E-state index contributed by atoms with van der Waals surface area (Å²) in [7, 11) is 3.09. The van der Waals surface area contributed by atoms with Gasteiger partial charge in [0.15, 0.2) is 29.3 Å². The van der Waals surface area contributed by atoms with Gasteiger partial charge in [0.1, 0.15) is 0 Å². The summed E-state index contributed by atoms with van der Waals surface area (Å²) in [5.74, 6) is 1.61. The topological polar surface area (TPSA) is 77.4 Å². The first-order valence-electron chi connectivity index (χ1n) is 9.50. The van der Waals surface area contributed by atoms with Crippen molar-refractivity contribution in [2.24, 2.45) is 11.8 Å². The standard InChI is InChI=1S/C22H28O6/c1-4-27-22-17(10-15-6-8-19(24)21(12-15)26-3)16(13-28-22)9-14-5-7-18(23)20(11-14)25-2/h5-8,11-12,16-17,22-24H,4,9-10,13H2,1-3H3. The molecular formula is C22H28O6. The molecule has 0 saturated carbocycles. The fraction of sp³-hybridized carbons (Fsp3) is 0.455. The number of methoxy groups -OCH3 is 2. The van der Waals surface area contributed by atoms with E-state index in [9.17, 15) is 10.2 Å². The summed E-state index contributed by atoms with van der Waals surface area (Å²) in [4.78, 5) is 0. The van der Waals surface area contributed by atoms with Crippen LogP contribution in [0, 0.1) is 11.8 Å². The third-order valence-corrected chi connectivity index (χ3v) is 5.22. The minimum absolute atomic E-state index is 0.128. The predicted octanol–water partition coefficient (Wildman–Crippen LogP) is 3.53. The largest absolute Gasteiger partial charge is 0.504 e. The van der Waals surface area contributed by atoms with Gasteiger partial charge in [-0.1, -0.05) is 12.1 Å². The Kier molecular flexibility index (Phi) is 6.65. The molecule has 1 saturated heterocycles. The molecule has 3 unspecified atom stereocenters. The quantitative estimate of drug-likeness (QED) is 0.720. The second-order valence-corrected chi connectivity index (χ2v) is 7.00. The first kappa shape index (κ1) is 20.3. The Hall–Kier alpha value is -2.44. The highest BCUT2D eigenvalue weighted by Gasteiger charge is 2.38. The summed E-state index contributed by atoms with van der Waals surface area (Å²) in [5, 5.41) is 19.7. The second kappa shape index (κ2) is 9.17. The average Bonchev–Trinajstić information content (AvgIpc) is 3.06. The number of rotatable bonds is 8. The highest BCUT2D eigenvalue weighted by Crippen LogP contribution is 2.36. The van der Waals surface area contributed by atoms with Crippen LogP contribution >= 0.6 is 0 Å². The van der Waals surface area contributed by atoms with Crippen LogP contribution in [0.1, 0.15) is 18.1 Å². The molecule has 28 heavy (non-hydrogen) atoms. The highest BCUT2D eigenvalue weighted by atomic mass is 16.7. The minimum atomic E-state index is -0.270. The summed E-state index contributed by atoms with van der Waals surface area (Å²) in [5.41, 5.74) is 2.14. The SMILES string of the molecule is CCOC1OCC(Cc2ccc(O)c(OC)c2)C1Cc1ccc(O)c(OC)c1. The number of phenols is 2. The lowest BCUT2D eigenvalue weighted by atomic mass is 9.84. The van der Waals surface area contributed by atoms with Crippen LogP contribution in [0.3, 0.4) is 0 Å². The van der Waals surface area contributed by atoms with Gasteiger partial charge < -0.3 is 29.2 Å². The Morgan fingerprint density at radius 1 is 0.929 bits per heavy atom. The van der Waals surface area contributed by atoms with E-state index in [-0.39, 0.29) is 29.6 Å². The van der Waals surface area contributed by atoms with Crippen LogP contribution in [-0.4, -0.2) is 43.9 Å². The van der Waals surface area contributed by atoms with Crippen LogP contribution in [0.5, 0.6) is 23.0 Å². The summed E-state index contributed by atoms with van der Waals surface area (Å²) in [6.07, 6.45) is 1.27. The molecule has 0 aliphatic carbocycles. The molecule has 1 fully saturated rings. The molecule has 2 N–H and O–H groups in total. The van der Waals surface area contributed by atoms with Crippen molar-refractivity contribution in [3.05, 3.63) is 47.5 Å². The smallest absolute Gasteiger partial charge is 0.161 e. The summed E-state index contributed by atoms with van der Waals surface area (Å²) < 4.78 is 22.2. The zero-order valence-electron chi connectivity index (χ0n) is 16.6. The highest BCUT2D eigenvalue weighted by molar-refractivity contribution is 5.43. The van der Waals surface area contributed by atoms with E-state index in [1.807, 2.05) is 31.2 Å². The van der Waals surface area contributed by atoms with Crippen molar-refractivity contribution in [2.75, 3.05) is 27.4 Å². The zero-order valence-corrected chi connectivity index (χ0v) is 16.6. The van der Waals surface area contributed by atoms with E-state index in [0.29, 0.717) is 24.7 Å². The van der Waals surface area contributed by atoms with Crippen molar-refractivity contribution in [3.63, 3.8) is 0 Å². The lowest BCUT2D eigenvalue weighted by molar-refractivity contribution is -0.127. The molecule has 152 valence electrons. The van der Waals surface area contributed by atoms with E-state index < -0.39 is 0 Å². The Balaban J connectivity index is 1.80. The molecule has 0 amide bonds. The van der Waals surface area contributed by atoms with Crippen LogP contribution in [0.2, 0.25) is 0 Å². The van der Waals surface area contributed by atoms with Crippen LogP contribution in [0.15, 0.2) is 36.4 Å². The maximum Gasteiger partial charge on any atom is 0.161 e. The van der Waals surface area contributed by atoms with Gasteiger partial charge in [-0.25, -0.2) is 0 Å². The van der Waals surface area contributed by atoms with Gasteiger partial charge in [-0.15, -0.1) is 0 Å². The molecular weight excluding hydrogens is 360 g/mol. The van der Waals surface area contributed by atoms with E-state index in [4.69, 9.17) is 18.9 Å². The minimum Gasteiger partial charge on any atom is -0.504 e. The van der Waals surface area contributed by atoms with Crippen LogP contribution < -0.4 is 9.47 Å². The van der Waals surface area contributed by atoms with Crippen molar-refractivity contribution in [3.8, 4) is 23.0 Å². The van der Waals surface area contributed by atoms with Crippen LogP contribution in [0.4, 0.5) is 0 Å². The van der Waals surface area contributed by atoms with Gasteiger partial charge in [0.25, 0.3) is 0 Å². The molecule has 2 aromatic rings. The van der Waals surface area contributed by atoms with Crippen molar-refractivity contribution >= 4 is 0 Å². The number of aromatic hydroxyl groups is 2. The molecule has 0 bridgehead atoms. The van der Waals surface area contributed by atoms with Gasteiger partial charge in [-0.05, 0) is 61.1 Å². The molecule has 6 heteroatoms. The molecule has 2 aromatic carbocycles. The van der Waals surface area contributed by atoms with Gasteiger partial charge >= 0.3 is 0 Å². The Bertz CT molecular complexity index is 791. The predicted molar refractivity (Wildman–Crippen MR) is 105 cm³/mol.